The fraction of sp³-hybridized carbons (Fsp3) is 0.0952. The highest BCUT2D eigenvalue weighted by Gasteiger charge is 2.31. The highest BCUT2D eigenvalue weighted by atomic mass is 19.4. The lowest BCUT2D eigenvalue weighted by atomic mass is 10.0. The lowest BCUT2D eigenvalue weighted by Gasteiger charge is -2.11. The summed E-state index contributed by atoms with van der Waals surface area (Å²) in [4.78, 5) is 23.2. The zero-order chi connectivity index (χ0) is 24.5. The van der Waals surface area contributed by atoms with Gasteiger partial charge in [0.2, 0.25) is 6.54 Å². The zero-order valence-corrected chi connectivity index (χ0v) is 17.1. The third-order valence-corrected chi connectivity index (χ3v) is 4.76. The lowest BCUT2D eigenvalue weighted by Crippen LogP contribution is -2.21. The van der Waals surface area contributed by atoms with E-state index in [9.17, 15) is 22.4 Å². The van der Waals surface area contributed by atoms with Gasteiger partial charge in [-0.15, -0.1) is 0 Å². The van der Waals surface area contributed by atoms with Gasteiger partial charge in [0.15, 0.2) is 5.82 Å². The summed E-state index contributed by atoms with van der Waals surface area (Å²) < 4.78 is 54.7. The van der Waals surface area contributed by atoms with E-state index < -0.39 is 23.6 Å². The van der Waals surface area contributed by atoms with Gasteiger partial charge < -0.3 is 15.9 Å². The van der Waals surface area contributed by atoms with E-state index >= 15 is 0 Å². The number of pyridine rings is 1. The predicted molar refractivity (Wildman–Crippen MR) is 115 cm³/mol. The number of nitrogen functional groups attached to an aromatic ring is 1. The predicted octanol–water partition coefficient (Wildman–Crippen LogP) is 4.59. The van der Waals surface area contributed by atoms with Crippen LogP contribution < -0.4 is 16.4 Å². The number of hydrogen-bond donors (Lipinski definition) is 3. The van der Waals surface area contributed by atoms with Crippen molar-refractivity contribution in [2.45, 2.75) is 12.7 Å². The first-order valence-electron chi connectivity index (χ1n) is 9.52. The fourth-order valence-electron chi connectivity index (χ4n) is 3.33. The van der Waals surface area contributed by atoms with Crippen molar-refractivity contribution in [3.05, 3.63) is 77.4 Å². The van der Waals surface area contributed by atoms with Gasteiger partial charge in [-0.1, -0.05) is 6.07 Å². The molecule has 0 atom stereocenters. The Labute approximate surface area is 189 Å². The van der Waals surface area contributed by atoms with Crippen molar-refractivity contribution in [3.63, 3.8) is 0 Å². The number of aromatic nitrogens is 4. The summed E-state index contributed by atoms with van der Waals surface area (Å²) in [5, 5.41) is 8.42. The molecule has 0 aliphatic heterocycles. The van der Waals surface area contributed by atoms with Crippen molar-refractivity contribution in [2.24, 2.45) is 0 Å². The van der Waals surface area contributed by atoms with Gasteiger partial charge in [0.25, 0.3) is 0 Å². The molecule has 2 amide bonds. The van der Waals surface area contributed by atoms with Crippen molar-refractivity contribution >= 4 is 28.9 Å². The summed E-state index contributed by atoms with van der Waals surface area (Å²) in [7, 11) is 0. The Balaban J connectivity index is 1.60. The minimum absolute atomic E-state index is 0.00779. The molecule has 172 valence electrons. The molecule has 0 saturated carbocycles. The van der Waals surface area contributed by atoms with Crippen LogP contribution in [0.15, 0.2) is 49.1 Å². The number of amides is 2. The smallest absolute Gasteiger partial charge is 0.382 e. The van der Waals surface area contributed by atoms with E-state index in [-0.39, 0.29) is 23.9 Å². The van der Waals surface area contributed by atoms with Crippen LogP contribution in [0.3, 0.4) is 0 Å². The molecule has 0 fully saturated rings. The van der Waals surface area contributed by atoms with Crippen molar-refractivity contribution < 1.29 is 22.4 Å². The molecule has 0 unspecified atom stereocenters. The van der Waals surface area contributed by atoms with Crippen molar-refractivity contribution in [1.82, 2.24) is 19.6 Å². The first-order chi connectivity index (χ1) is 16.2. The van der Waals surface area contributed by atoms with E-state index in [2.05, 4.69) is 30.5 Å². The van der Waals surface area contributed by atoms with Gasteiger partial charge in [-0.2, -0.15) is 18.3 Å². The highest BCUT2D eigenvalue weighted by Crippen LogP contribution is 2.34. The van der Waals surface area contributed by atoms with E-state index in [4.69, 9.17) is 12.3 Å². The van der Waals surface area contributed by atoms with Crippen molar-refractivity contribution in [3.8, 4) is 11.1 Å². The first-order valence-corrected chi connectivity index (χ1v) is 9.52. The van der Waals surface area contributed by atoms with Crippen LogP contribution in [0.1, 0.15) is 11.1 Å². The Hall–Kier alpha value is -4.73. The van der Waals surface area contributed by atoms with E-state index in [1.807, 2.05) is 0 Å². The molecule has 0 aliphatic rings. The molecule has 0 aliphatic carbocycles. The molecular weight excluding hydrogens is 456 g/mol. The van der Waals surface area contributed by atoms with Gasteiger partial charge in [-0.05, 0) is 29.8 Å². The number of rotatable bonds is 4. The Bertz CT molecular complexity index is 1440. The number of alkyl halides is 3. The Kier molecular flexibility index (Phi) is 5.72. The first kappa shape index (κ1) is 22.5. The van der Waals surface area contributed by atoms with Gasteiger partial charge >= 0.3 is 12.2 Å². The largest absolute Gasteiger partial charge is 0.416 e. The monoisotopic (exact) mass is 470 g/mol. The molecule has 4 N–H and O–H groups in total. The van der Waals surface area contributed by atoms with E-state index in [1.165, 1.54) is 23.0 Å². The minimum Gasteiger partial charge on any atom is -0.382 e. The van der Waals surface area contributed by atoms with Crippen LogP contribution in [0.4, 0.5) is 39.7 Å². The van der Waals surface area contributed by atoms with Crippen LogP contribution in [0.5, 0.6) is 0 Å². The summed E-state index contributed by atoms with van der Waals surface area (Å²) in [6.45, 7) is 7.16. The van der Waals surface area contributed by atoms with Gasteiger partial charge in [0.1, 0.15) is 23.5 Å². The second-order valence-electron chi connectivity index (χ2n) is 6.99. The molecule has 0 bridgehead atoms. The fourth-order valence-corrected chi connectivity index (χ4v) is 3.33. The maximum absolute atomic E-state index is 14.8. The number of benzene rings is 1. The minimum atomic E-state index is -4.61. The van der Waals surface area contributed by atoms with Crippen LogP contribution in [0.25, 0.3) is 21.5 Å². The topological polar surface area (TPSA) is 115 Å². The van der Waals surface area contributed by atoms with Crippen LogP contribution in [-0.4, -0.2) is 25.6 Å². The van der Waals surface area contributed by atoms with Gasteiger partial charge in [0.05, 0.1) is 16.8 Å². The highest BCUT2D eigenvalue weighted by molar-refractivity contribution is 5.99. The number of anilines is 3. The molecule has 0 radical (unpaired) electrons. The Morgan fingerprint density at radius 2 is 1.97 bits per heavy atom. The van der Waals surface area contributed by atoms with Crippen molar-refractivity contribution in [1.29, 1.82) is 0 Å². The average molecular weight is 470 g/mol. The number of halogens is 4. The third kappa shape index (κ3) is 4.42. The Morgan fingerprint density at radius 3 is 2.68 bits per heavy atom. The zero-order valence-electron chi connectivity index (χ0n) is 17.1. The number of hydrogen-bond acceptors (Lipinski definition) is 5. The molecule has 34 heavy (non-hydrogen) atoms. The quantitative estimate of drug-likeness (QED) is 0.298. The van der Waals surface area contributed by atoms with Gasteiger partial charge in [-0.25, -0.2) is 30.2 Å². The lowest BCUT2D eigenvalue weighted by molar-refractivity contribution is -0.137. The molecule has 0 saturated heterocycles. The second-order valence-corrected chi connectivity index (χ2v) is 6.99. The molecule has 0 spiro atoms. The molecule has 9 nitrogen and oxygen atoms in total. The van der Waals surface area contributed by atoms with Crippen LogP contribution in [0, 0.1) is 12.4 Å². The molecule has 13 heteroatoms. The van der Waals surface area contributed by atoms with Gasteiger partial charge in [0, 0.05) is 18.0 Å². The average Bonchev–Trinajstić information content (AvgIpc) is 3.14. The molecule has 1 aromatic carbocycles. The maximum Gasteiger partial charge on any atom is 0.416 e. The summed E-state index contributed by atoms with van der Waals surface area (Å²) in [5.74, 6) is -1.05. The second kappa shape index (κ2) is 8.66. The number of nitrogens with two attached hydrogens (primary N) is 1. The summed E-state index contributed by atoms with van der Waals surface area (Å²) in [6.07, 6.45) is -0.868. The normalized spacial score (nSPS) is 11.3. The molecule has 3 heterocycles. The van der Waals surface area contributed by atoms with Crippen LogP contribution in [0.2, 0.25) is 0 Å². The van der Waals surface area contributed by atoms with E-state index in [1.54, 1.807) is 6.20 Å². The molecule has 4 rings (SSSR count). The standard InChI is InChI=1S/C21H14F4N8O/c1-27-8-12-9-33-18(19(26)29-10-30-33)17(12)11-2-3-15(14(22)6-11)31-20(34)32-16-7-13(4-5-28-16)21(23,24)25/h2-7,9-10H,8H2,(H2,26,29,30)(H2,28,31,32,34). The Morgan fingerprint density at radius 1 is 1.18 bits per heavy atom. The number of nitrogens with zero attached hydrogens (tertiary/aromatic N) is 5. The summed E-state index contributed by atoms with van der Waals surface area (Å²) in [5.41, 5.74) is 6.53. The summed E-state index contributed by atoms with van der Waals surface area (Å²) in [6, 6.07) is 4.33. The van der Waals surface area contributed by atoms with Crippen LogP contribution >= 0.6 is 0 Å². The summed E-state index contributed by atoms with van der Waals surface area (Å²) >= 11 is 0. The number of fused-ring (bicyclic) bond motifs is 1. The molecule has 4 aromatic rings. The number of carbonyl (C=O) groups is 1. The number of carbonyl (C=O) groups excluding carboxylic acids is 1. The molecule has 3 aromatic heterocycles. The SMILES string of the molecule is [C-]#[N+]Cc1cn2ncnc(N)c2c1-c1ccc(NC(=O)Nc2cc(C(F)(F)F)ccn2)c(F)c1. The van der Waals surface area contributed by atoms with Crippen LogP contribution in [-0.2, 0) is 12.7 Å². The van der Waals surface area contributed by atoms with E-state index in [0.29, 0.717) is 28.3 Å². The number of nitrogens with one attached hydrogen (secondary N) is 2. The third-order valence-electron chi connectivity index (χ3n) is 4.76. The van der Waals surface area contributed by atoms with Crippen molar-refractivity contribution in [2.75, 3.05) is 16.4 Å². The van der Waals surface area contributed by atoms with Gasteiger partial charge in [-0.3, -0.25) is 5.32 Å². The molecular formula is C21H14F4N8O. The number of urea groups is 1. The maximum atomic E-state index is 14.8. The van der Waals surface area contributed by atoms with E-state index in [0.717, 1.165) is 18.3 Å².